The second-order valence-electron chi connectivity index (χ2n) is 7.90. The summed E-state index contributed by atoms with van der Waals surface area (Å²) in [6.45, 7) is 3.43. The van der Waals surface area contributed by atoms with Gasteiger partial charge in [-0.1, -0.05) is 6.08 Å². The van der Waals surface area contributed by atoms with Gasteiger partial charge in [-0.2, -0.15) is 5.10 Å². The minimum Gasteiger partial charge on any atom is -0.352 e. The van der Waals surface area contributed by atoms with Gasteiger partial charge in [0.15, 0.2) is 5.78 Å². The van der Waals surface area contributed by atoms with E-state index in [0.29, 0.717) is 0 Å². The maximum atomic E-state index is 11.7. The Morgan fingerprint density at radius 3 is 2.88 bits per heavy atom. The molecule has 8 heteroatoms. The molecule has 0 unspecified atom stereocenters. The average molecular weight is 441 g/mol. The van der Waals surface area contributed by atoms with Gasteiger partial charge in [-0.25, -0.2) is 4.98 Å². The fourth-order valence-electron chi connectivity index (χ4n) is 4.17. The predicted octanol–water partition coefficient (Wildman–Crippen LogP) is 4.81. The van der Waals surface area contributed by atoms with Crippen molar-refractivity contribution in [1.82, 2.24) is 30.5 Å². The number of nitrogens with zero attached hydrogens (tertiary/aromatic N) is 3. The summed E-state index contributed by atoms with van der Waals surface area (Å²) >= 11 is 1.49. The summed E-state index contributed by atoms with van der Waals surface area (Å²) in [6.07, 6.45) is 6.83. The molecular weight excluding hydrogens is 420 g/mol. The fourth-order valence-corrected chi connectivity index (χ4v) is 5.09. The van der Waals surface area contributed by atoms with E-state index < -0.39 is 0 Å². The number of thiophene rings is 1. The maximum Gasteiger partial charge on any atom is 0.169 e. The van der Waals surface area contributed by atoms with Crippen LogP contribution in [0.2, 0.25) is 0 Å². The monoisotopic (exact) mass is 440 g/mol. The standard InChI is InChI=1S/C24H20N6OS/c1-13(31)21-4-5-22(32-21)16-11-26-12-20-15(16)10-19(27-20)24-23-18(29-30-24)3-2-17(28-23)14-6-8-25-9-7-14/h2-6,10-12,25,27H,7-9H2,1H3,(H,29,30). The Hall–Kier alpha value is -3.62. The van der Waals surface area contributed by atoms with Gasteiger partial charge in [0, 0.05) is 28.6 Å². The van der Waals surface area contributed by atoms with Crippen molar-refractivity contribution >= 4 is 44.6 Å². The van der Waals surface area contributed by atoms with Gasteiger partial charge in [-0.15, -0.1) is 11.3 Å². The molecule has 32 heavy (non-hydrogen) atoms. The molecule has 0 bridgehead atoms. The van der Waals surface area contributed by atoms with Crippen LogP contribution in [-0.2, 0) is 0 Å². The zero-order chi connectivity index (χ0) is 21.7. The van der Waals surface area contributed by atoms with Crippen molar-refractivity contribution in [2.75, 3.05) is 13.1 Å². The van der Waals surface area contributed by atoms with Gasteiger partial charge >= 0.3 is 0 Å². The molecule has 6 rings (SSSR count). The Labute approximate surface area is 187 Å². The number of fused-ring (bicyclic) bond motifs is 2. The lowest BCUT2D eigenvalue weighted by atomic mass is 10.0. The number of ketones is 1. The predicted molar refractivity (Wildman–Crippen MR) is 128 cm³/mol. The van der Waals surface area contributed by atoms with E-state index >= 15 is 0 Å². The van der Waals surface area contributed by atoms with Crippen LogP contribution in [0.15, 0.2) is 48.8 Å². The number of carbonyl (C=O) groups is 1. The highest BCUT2D eigenvalue weighted by Crippen LogP contribution is 2.36. The Bertz CT molecular complexity index is 1520. The lowest BCUT2D eigenvalue weighted by molar-refractivity contribution is 0.102. The second-order valence-corrected chi connectivity index (χ2v) is 8.98. The van der Waals surface area contributed by atoms with Gasteiger partial charge in [0.1, 0.15) is 11.2 Å². The van der Waals surface area contributed by atoms with Gasteiger partial charge < -0.3 is 10.3 Å². The Morgan fingerprint density at radius 1 is 1.12 bits per heavy atom. The van der Waals surface area contributed by atoms with Crippen molar-refractivity contribution in [3.8, 4) is 21.8 Å². The summed E-state index contributed by atoms with van der Waals surface area (Å²) in [4.78, 5) is 26.3. The lowest BCUT2D eigenvalue weighted by Crippen LogP contribution is -2.20. The van der Waals surface area contributed by atoms with Crippen molar-refractivity contribution < 1.29 is 4.79 Å². The molecule has 0 amide bonds. The minimum atomic E-state index is 0.0740. The molecule has 0 aromatic carbocycles. The SMILES string of the molecule is CC(=O)c1ccc(-c2cncc3[nH]c(-c4n[nH]c5ccc(C6=CCNCC6)nc45)cc23)s1. The van der Waals surface area contributed by atoms with Crippen LogP contribution in [0.4, 0.5) is 0 Å². The molecule has 7 nitrogen and oxygen atoms in total. The highest BCUT2D eigenvalue weighted by atomic mass is 32.1. The molecule has 0 atom stereocenters. The van der Waals surface area contributed by atoms with Crippen molar-refractivity contribution in [3.63, 3.8) is 0 Å². The van der Waals surface area contributed by atoms with Crippen molar-refractivity contribution in [1.29, 1.82) is 0 Å². The van der Waals surface area contributed by atoms with Gasteiger partial charge in [0.05, 0.1) is 33.5 Å². The van der Waals surface area contributed by atoms with E-state index in [9.17, 15) is 4.79 Å². The molecule has 0 spiro atoms. The number of aromatic amines is 2. The first kappa shape index (κ1) is 19.1. The highest BCUT2D eigenvalue weighted by molar-refractivity contribution is 7.17. The molecule has 0 aliphatic carbocycles. The van der Waals surface area contributed by atoms with Crippen LogP contribution >= 0.6 is 11.3 Å². The summed E-state index contributed by atoms with van der Waals surface area (Å²) in [5.41, 5.74) is 7.59. The van der Waals surface area contributed by atoms with Crippen LogP contribution < -0.4 is 5.32 Å². The molecule has 3 N–H and O–H groups in total. The molecule has 6 heterocycles. The lowest BCUT2D eigenvalue weighted by Gasteiger charge is -2.13. The molecule has 1 aliphatic rings. The first-order chi connectivity index (χ1) is 15.7. The summed E-state index contributed by atoms with van der Waals surface area (Å²) in [5.74, 6) is 0.0740. The maximum absolute atomic E-state index is 11.7. The molecule has 5 aromatic rings. The Morgan fingerprint density at radius 2 is 2.06 bits per heavy atom. The molecule has 1 aliphatic heterocycles. The minimum absolute atomic E-state index is 0.0740. The smallest absolute Gasteiger partial charge is 0.169 e. The third kappa shape index (κ3) is 3.16. The number of H-pyrrole nitrogens is 2. The van der Waals surface area contributed by atoms with E-state index in [0.717, 1.165) is 73.8 Å². The summed E-state index contributed by atoms with van der Waals surface area (Å²) < 4.78 is 0. The van der Waals surface area contributed by atoms with Crippen molar-refractivity contribution in [2.45, 2.75) is 13.3 Å². The van der Waals surface area contributed by atoms with Gasteiger partial charge in [0.25, 0.3) is 0 Å². The zero-order valence-electron chi connectivity index (χ0n) is 17.4. The van der Waals surface area contributed by atoms with E-state index in [1.807, 2.05) is 30.6 Å². The molecule has 0 fully saturated rings. The van der Waals surface area contributed by atoms with Gasteiger partial charge in [-0.3, -0.25) is 14.9 Å². The van der Waals surface area contributed by atoms with Crippen LogP contribution in [0.3, 0.4) is 0 Å². The van der Waals surface area contributed by atoms with E-state index in [4.69, 9.17) is 4.98 Å². The number of rotatable bonds is 4. The summed E-state index contributed by atoms with van der Waals surface area (Å²) in [5, 5.41) is 12.1. The Balaban J connectivity index is 1.47. The van der Waals surface area contributed by atoms with Crippen LogP contribution in [0.1, 0.15) is 28.7 Å². The Kier molecular flexibility index (Phi) is 4.48. The number of hydrogen-bond acceptors (Lipinski definition) is 6. The number of carbonyl (C=O) groups excluding carboxylic acids is 1. The fraction of sp³-hybridized carbons (Fsp3) is 0.167. The molecule has 0 radical (unpaired) electrons. The first-order valence-corrected chi connectivity index (χ1v) is 11.3. The second kappa shape index (κ2) is 7.51. The molecule has 0 saturated heterocycles. The number of Topliss-reactive ketones (excluding diaryl/α,β-unsaturated/α-hetero) is 1. The average Bonchev–Trinajstić information content (AvgIpc) is 3.56. The van der Waals surface area contributed by atoms with Crippen LogP contribution in [0, 0.1) is 0 Å². The summed E-state index contributed by atoms with van der Waals surface area (Å²) in [7, 11) is 0. The highest BCUT2D eigenvalue weighted by Gasteiger charge is 2.17. The van der Waals surface area contributed by atoms with E-state index in [1.165, 1.54) is 16.9 Å². The van der Waals surface area contributed by atoms with Gasteiger partial charge in [-0.05, 0) is 55.8 Å². The van der Waals surface area contributed by atoms with Crippen LogP contribution in [-0.4, -0.2) is 44.0 Å². The molecule has 5 aromatic heterocycles. The molecule has 0 saturated carbocycles. The normalized spacial score (nSPS) is 14.2. The van der Waals surface area contributed by atoms with Gasteiger partial charge in [0.2, 0.25) is 0 Å². The van der Waals surface area contributed by atoms with E-state index in [-0.39, 0.29) is 5.78 Å². The molecule has 158 valence electrons. The largest absolute Gasteiger partial charge is 0.352 e. The first-order valence-electron chi connectivity index (χ1n) is 10.5. The topological polar surface area (TPSA) is 99.4 Å². The third-order valence-corrected chi connectivity index (χ3v) is 7.04. The number of aromatic nitrogens is 5. The third-order valence-electron chi connectivity index (χ3n) is 5.82. The van der Waals surface area contributed by atoms with Crippen LogP contribution in [0.25, 0.3) is 49.3 Å². The van der Waals surface area contributed by atoms with Crippen molar-refractivity contribution in [3.05, 3.63) is 59.4 Å². The van der Waals surface area contributed by atoms with Crippen LogP contribution in [0.5, 0.6) is 0 Å². The quantitative estimate of drug-likeness (QED) is 0.348. The van der Waals surface area contributed by atoms with Crippen molar-refractivity contribution in [2.24, 2.45) is 0 Å². The molecular formula is C24H20N6OS. The zero-order valence-corrected chi connectivity index (χ0v) is 18.2. The number of hydrogen-bond donors (Lipinski definition) is 3. The summed E-state index contributed by atoms with van der Waals surface area (Å²) in [6, 6.07) is 10.0. The van der Waals surface area contributed by atoms with E-state index in [2.05, 4.69) is 43.7 Å². The van der Waals surface area contributed by atoms with E-state index in [1.54, 1.807) is 6.92 Å². The number of nitrogens with one attached hydrogen (secondary N) is 3. The number of pyridine rings is 2.